The summed E-state index contributed by atoms with van der Waals surface area (Å²) >= 11 is 5.40. The molecule has 1 saturated heterocycles. The first-order valence-electron chi connectivity index (χ1n) is 5.63. The van der Waals surface area contributed by atoms with Crippen LogP contribution in [0.3, 0.4) is 0 Å². The minimum Gasteiger partial charge on any atom is -0.394 e. The smallest absolute Gasteiger partial charge is 0.330 e. The molecule has 3 N–H and O–H groups in total. The van der Waals surface area contributed by atoms with E-state index in [1.165, 1.54) is 12.3 Å². The van der Waals surface area contributed by atoms with E-state index in [9.17, 15) is 14.7 Å². The van der Waals surface area contributed by atoms with E-state index in [-0.39, 0.29) is 18.6 Å². The van der Waals surface area contributed by atoms with Crippen molar-refractivity contribution in [3.63, 3.8) is 0 Å². The molecule has 0 amide bonds. The van der Waals surface area contributed by atoms with Gasteiger partial charge >= 0.3 is 5.69 Å². The van der Waals surface area contributed by atoms with Crippen molar-refractivity contribution in [3.8, 4) is 0 Å². The normalized spacial score (nSPS) is 27.2. The Bertz CT molecular complexity index is 593. The molecule has 1 aromatic rings. The number of rotatable bonds is 3. The van der Waals surface area contributed by atoms with E-state index in [1.807, 2.05) is 0 Å². The Morgan fingerprint density at radius 2 is 2.32 bits per heavy atom. The second kappa shape index (κ2) is 5.70. The predicted octanol–water partition coefficient (Wildman–Crippen LogP) is -0.613. The molecule has 0 spiro atoms. The zero-order valence-electron chi connectivity index (χ0n) is 9.82. The van der Waals surface area contributed by atoms with Crippen LogP contribution in [0.15, 0.2) is 21.3 Å². The summed E-state index contributed by atoms with van der Waals surface area (Å²) < 4.78 is 6.51. The molecule has 2 heterocycles. The molecule has 0 aromatic carbocycles. The van der Waals surface area contributed by atoms with Crippen molar-refractivity contribution in [2.75, 3.05) is 6.61 Å². The predicted molar refractivity (Wildman–Crippen MR) is 67.8 cm³/mol. The highest BCUT2D eigenvalue weighted by molar-refractivity contribution is 6.27. The molecule has 0 bridgehead atoms. The fourth-order valence-electron chi connectivity index (χ4n) is 1.95. The number of hydrogen-bond donors (Lipinski definition) is 3. The molecule has 3 atom stereocenters. The topological polar surface area (TPSA) is 105 Å². The lowest BCUT2D eigenvalue weighted by molar-refractivity contribution is -0.0459. The minimum absolute atomic E-state index is 0.154. The van der Waals surface area contributed by atoms with E-state index < -0.39 is 29.7 Å². The molecular weight excluding hydrogens is 276 g/mol. The van der Waals surface area contributed by atoms with Crippen molar-refractivity contribution in [3.05, 3.63) is 38.1 Å². The lowest BCUT2D eigenvalue weighted by Gasteiger charge is -2.14. The summed E-state index contributed by atoms with van der Waals surface area (Å²) in [6.07, 6.45) is 0.458. The molecule has 2 rings (SSSR count). The SMILES string of the molecule is O=c1[nH]c(=O)n([C@H]2C[C@@H](O)[C@H](CO)O2)cc1C=CCl. The van der Waals surface area contributed by atoms with Gasteiger partial charge in [-0.25, -0.2) is 4.79 Å². The number of halogens is 1. The maximum absolute atomic E-state index is 11.7. The van der Waals surface area contributed by atoms with Gasteiger partial charge in [0.2, 0.25) is 0 Å². The third-order valence-electron chi connectivity index (χ3n) is 2.93. The molecule has 7 nitrogen and oxygen atoms in total. The number of aromatic nitrogens is 2. The van der Waals surface area contributed by atoms with Gasteiger partial charge in [-0.15, -0.1) is 0 Å². The molecule has 1 aliphatic heterocycles. The van der Waals surface area contributed by atoms with E-state index >= 15 is 0 Å². The minimum atomic E-state index is -0.860. The highest BCUT2D eigenvalue weighted by Crippen LogP contribution is 2.27. The number of aromatic amines is 1. The van der Waals surface area contributed by atoms with Crippen LogP contribution in [0.5, 0.6) is 0 Å². The number of hydrogen-bond acceptors (Lipinski definition) is 5. The second-order valence-electron chi connectivity index (χ2n) is 4.16. The third kappa shape index (κ3) is 2.79. The van der Waals surface area contributed by atoms with Crippen LogP contribution >= 0.6 is 11.6 Å². The fraction of sp³-hybridized carbons (Fsp3) is 0.455. The molecule has 0 unspecified atom stereocenters. The maximum atomic E-state index is 11.7. The summed E-state index contributed by atoms with van der Waals surface area (Å²) in [6, 6.07) is 0. The zero-order valence-corrected chi connectivity index (χ0v) is 10.6. The number of ether oxygens (including phenoxy) is 1. The average Bonchev–Trinajstić information content (AvgIpc) is 2.74. The summed E-state index contributed by atoms with van der Waals surface area (Å²) in [7, 11) is 0. The van der Waals surface area contributed by atoms with Crippen LogP contribution in [-0.2, 0) is 4.74 Å². The number of H-pyrrole nitrogens is 1. The maximum Gasteiger partial charge on any atom is 0.330 e. The van der Waals surface area contributed by atoms with Crippen LogP contribution < -0.4 is 11.2 Å². The van der Waals surface area contributed by atoms with Crippen LogP contribution in [0.1, 0.15) is 18.2 Å². The van der Waals surface area contributed by atoms with Crippen molar-refractivity contribution < 1.29 is 14.9 Å². The Kier molecular flexibility index (Phi) is 4.20. The first kappa shape index (κ1) is 14.0. The summed E-state index contributed by atoms with van der Waals surface area (Å²) in [5, 5.41) is 18.6. The van der Waals surface area contributed by atoms with Crippen molar-refractivity contribution in [1.82, 2.24) is 9.55 Å². The molecule has 0 aliphatic carbocycles. The summed E-state index contributed by atoms with van der Waals surface area (Å²) in [5.74, 6) is 0. The van der Waals surface area contributed by atoms with E-state index in [0.29, 0.717) is 0 Å². The Morgan fingerprint density at radius 1 is 1.58 bits per heavy atom. The van der Waals surface area contributed by atoms with E-state index in [0.717, 1.165) is 10.1 Å². The van der Waals surface area contributed by atoms with Gasteiger partial charge < -0.3 is 14.9 Å². The van der Waals surface area contributed by atoms with Gasteiger partial charge in [-0.2, -0.15) is 0 Å². The Labute approximate surface area is 112 Å². The van der Waals surface area contributed by atoms with Gasteiger partial charge in [0.1, 0.15) is 12.3 Å². The largest absolute Gasteiger partial charge is 0.394 e. The van der Waals surface area contributed by atoms with Crippen LogP contribution in [-0.4, -0.2) is 38.6 Å². The van der Waals surface area contributed by atoms with Crippen LogP contribution in [0.4, 0.5) is 0 Å². The first-order chi connectivity index (χ1) is 9.06. The van der Waals surface area contributed by atoms with Crippen molar-refractivity contribution in [2.45, 2.75) is 24.9 Å². The molecule has 104 valence electrons. The van der Waals surface area contributed by atoms with Gasteiger partial charge in [0.05, 0.1) is 18.3 Å². The zero-order chi connectivity index (χ0) is 14.0. The van der Waals surface area contributed by atoms with Crippen LogP contribution in [0.25, 0.3) is 6.08 Å². The quantitative estimate of drug-likeness (QED) is 0.688. The van der Waals surface area contributed by atoms with E-state index in [1.54, 1.807) is 0 Å². The lowest BCUT2D eigenvalue weighted by atomic mass is 10.2. The molecule has 0 saturated carbocycles. The van der Waals surface area contributed by atoms with Crippen LogP contribution in [0, 0.1) is 0 Å². The van der Waals surface area contributed by atoms with Crippen LogP contribution in [0.2, 0.25) is 0 Å². The van der Waals surface area contributed by atoms with Crippen molar-refractivity contribution in [1.29, 1.82) is 0 Å². The number of nitrogens with one attached hydrogen (secondary N) is 1. The lowest BCUT2D eigenvalue weighted by Crippen LogP contribution is -2.33. The molecular formula is C11H13ClN2O5. The Morgan fingerprint density at radius 3 is 2.89 bits per heavy atom. The fourth-order valence-corrected chi connectivity index (χ4v) is 2.09. The van der Waals surface area contributed by atoms with Crippen molar-refractivity contribution >= 4 is 17.7 Å². The first-order valence-corrected chi connectivity index (χ1v) is 6.07. The molecule has 0 radical (unpaired) electrons. The number of aliphatic hydroxyl groups is 2. The van der Waals surface area contributed by atoms with Gasteiger partial charge in [0, 0.05) is 18.2 Å². The molecule has 1 aromatic heterocycles. The average molecular weight is 289 g/mol. The van der Waals surface area contributed by atoms with E-state index in [2.05, 4.69) is 4.98 Å². The van der Waals surface area contributed by atoms with Gasteiger partial charge in [-0.3, -0.25) is 14.3 Å². The highest BCUT2D eigenvalue weighted by Gasteiger charge is 2.35. The molecule has 19 heavy (non-hydrogen) atoms. The number of aliphatic hydroxyl groups excluding tert-OH is 2. The van der Waals surface area contributed by atoms with Gasteiger partial charge in [-0.05, 0) is 6.08 Å². The molecule has 1 fully saturated rings. The molecule has 1 aliphatic rings. The third-order valence-corrected chi connectivity index (χ3v) is 3.06. The summed E-state index contributed by atoms with van der Waals surface area (Å²) in [5.41, 5.74) is 0.142. The summed E-state index contributed by atoms with van der Waals surface area (Å²) in [6.45, 7) is -0.343. The van der Waals surface area contributed by atoms with Gasteiger partial charge in [0.25, 0.3) is 5.56 Å². The van der Waals surface area contributed by atoms with Gasteiger partial charge in [0.15, 0.2) is 0 Å². The monoisotopic (exact) mass is 288 g/mol. The Hall–Kier alpha value is -1.41. The Balaban J connectivity index is 2.38. The van der Waals surface area contributed by atoms with Gasteiger partial charge in [-0.1, -0.05) is 11.6 Å². The second-order valence-corrected chi connectivity index (χ2v) is 4.41. The molecule has 8 heteroatoms. The summed E-state index contributed by atoms with van der Waals surface area (Å²) in [4.78, 5) is 25.3. The number of nitrogens with zero attached hydrogens (tertiary/aromatic N) is 1. The standard InChI is InChI=1S/C11H13ClN2O5/c12-2-1-6-4-14(11(18)13-10(6)17)9-3-7(16)8(5-15)19-9/h1-2,4,7-9,15-16H,3,5H2,(H,13,17,18)/t7-,8+,9-/m1/s1. The van der Waals surface area contributed by atoms with Crippen molar-refractivity contribution in [2.24, 2.45) is 0 Å². The van der Waals surface area contributed by atoms with E-state index in [4.69, 9.17) is 21.4 Å². The highest BCUT2D eigenvalue weighted by atomic mass is 35.5.